The second-order valence-electron chi connectivity index (χ2n) is 5.52. The molecule has 0 aliphatic carbocycles. The van der Waals surface area contributed by atoms with Gasteiger partial charge in [-0.1, -0.05) is 6.07 Å². The smallest absolute Gasteiger partial charge is 0.126 e. The largest absolute Gasteiger partial charge is 0.494 e. The van der Waals surface area contributed by atoms with Crippen molar-refractivity contribution in [2.45, 2.75) is 39.1 Å². The Kier molecular flexibility index (Phi) is 6.00. The van der Waals surface area contributed by atoms with Gasteiger partial charge in [0.1, 0.15) is 28.2 Å². The molecule has 0 atom stereocenters. The molecule has 5 heteroatoms. The topological polar surface area (TPSA) is 58.8 Å². The van der Waals surface area contributed by atoms with E-state index in [4.69, 9.17) is 4.74 Å². The Bertz CT molecular complexity index is 718. The molecule has 0 unspecified atom stereocenters. The number of hydrogen-bond donors (Lipinski definition) is 0. The van der Waals surface area contributed by atoms with E-state index in [0.717, 1.165) is 28.6 Å². The van der Waals surface area contributed by atoms with Gasteiger partial charge in [-0.25, -0.2) is 9.97 Å². The van der Waals surface area contributed by atoms with Crippen LogP contribution in [0.3, 0.4) is 0 Å². The van der Waals surface area contributed by atoms with Gasteiger partial charge in [0.15, 0.2) is 0 Å². The predicted molar refractivity (Wildman–Crippen MR) is 93.0 cm³/mol. The number of aromatic nitrogens is 2. The second kappa shape index (κ2) is 7.98. The van der Waals surface area contributed by atoms with E-state index < -0.39 is 0 Å². The first-order valence-corrected chi connectivity index (χ1v) is 8.57. The molecule has 0 saturated heterocycles. The third-order valence-electron chi connectivity index (χ3n) is 3.27. The van der Waals surface area contributed by atoms with Crippen LogP contribution in [0.1, 0.15) is 34.6 Å². The van der Waals surface area contributed by atoms with Gasteiger partial charge in [0, 0.05) is 5.75 Å². The van der Waals surface area contributed by atoms with Gasteiger partial charge in [0.25, 0.3) is 0 Å². The molecular formula is C18H21N3OS. The summed E-state index contributed by atoms with van der Waals surface area (Å²) in [6.07, 6.45) is 0.893. The molecule has 1 aromatic carbocycles. The minimum atomic E-state index is 0.579. The van der Waals surface area contributed by atoms with Crippen molar-refractivity contribution in [3.8, 4) is 11.8 Å². The minimum absolute atomic E-state index is 0.579. The normalized spacial score (nSPS) is 10.4. The fourth-order valence-corrected chi connectivity index (χ4v) is 3.34. The van der Waals surface area contributed by atoms with Crippen molar-refractivity contribution >= 4 is 11.8 Å². The molecule has 0 amide bonds. The fourth-order valence-electron chi connectivity index (χ4n) is 2.35. The maximum absolute atomic E-state index is 9.23. The first-order valence-electron chi connectivity index (χ1n) is 7.59. The number of nitriles is 1. The van der Waals surface area contributed by atoms with Gasteiger partial charge >= 0.3 is 0 Å². The van der Waals surface area contributed by atoms with E-state index >= 15 is 0 Å². The molecule has 23 heavy (non-hydrogen) atoms. The molecule has 2 aromatic rings. The zero-order valence-corrected chi connectivity index (χ0v) is 14.8. The molecule has 2 rings (SSSR count). The Morgan fingerprint density at radius 1 is 1.09 bits per heavy atom. The highest BCUT2D eigenvalue weighted by atomic mass is 32.2. The van der Waals surface area contributed by atoms with Crippen LogP contribution in [0.4, 0.5) is 0 Å². The molecule has 0 saturated carbocycles. The molecule has 120 valence electrons. The van der Waals surface area contributed by atoms with Crippen molar-refractivity contribution in [2.24, 2.45) is 0 Å². The number of benzene rings is 1. The van der Waals surface area contributed by atoms with Crippen molar-refractivity contribution < 1.29 is 4.74 Å². The van der Waals surface area contributed by atoms with Gasteiger partial charge in [-0.2, -0.15) is 5.26 Å². The number of rotatable bonds is 6. The molecule has 1 heterocycles. The fraction of sp³-hybridized carbons (Fsp3) is 0.389. The van der Waals surface area contributed by atoms with Crippen molar-refractivity contribution in [3.05, 3.63) is 46.4 Å². The number of hydrogen-bond acceptors (Lipinski definition) is 5. The van der Waals surface area contributed by atoms with Gasteiger partial charge in [0.05, 0.1) is 12.3 Å². The molecule has 1 aromatic heterocycles. The third kappa shape index (κ3) is 4.97. The summed E-state index contributed by atoms with van der Waals surface area (Å²) < 4.78 is 5.80. The van der Waals surface area contributed by atoms with Crippen LogP contribution in [0.2, 0.25) is 0 Å². The summed E-state index contributed by atoms with van der Waals surface area (Å²) in [5.41, 5.74) is 3.74. The van der Waals surface area contributed by atoms with Gasteiger partial charge in [-0.15, -0.1) is 11.8 Å². The average molecular weight is 327 g/mol. The lowest BCUT2D eigenvalue weighted by Gasteiger charge is -2.09. The zero-order valence-electron chi connectivity index (χ0n) is 14.0. The number of ether oxygens (including phenoxy) is 1. The van der Waals surface area contributed by atoms with Gasteiger partial charge in [-0.3, -0.25) is 0 Å². The molecule has 0 aliphatic heterocycles. The number of aryl methyl sites for hydroxylation is 4. The first kappa shape index (κ1) is 17.3. The summed E-state index contributed by atoms with van der Waals surface area (Å²) in [7, 11) is 0. The van der Waals surface area contributed by atoms with Crippen molar-refractivity contribution in [3.63, 3.8) is 0 Å². The minimum Gasteiger partial charge on any atom is -0.494 e. The average Bonchev–Trinajstić information content (AvgIpc) is 2.45. The van der Waals surface area contributed by atoms with Crippen LogP contribution in [0.25, 0.3) is 0 Å². The Hall–Kier alpha value is -2.06. The van der Waals surface area contributed by atoms with Crippen molar-refractivity contribution in [1.82, 2.24) is 9.97 Å². The summed E-state index contributed by atoms with van der Waals surface area (Å²) in [4.78, 5) is 8.61. The maximum Gasteiger partial charge on any atom is 0.126 e. The highest BCUT2D eigenvalue weighted by molar-refractivity contribution is 7.99. The van der Waals surface area contributed by atoms with E-state index in [9.17, 15) is 5.26 Å². The van der Waals surface area contributed by atoms with Crippen LogP contribution >= 0.6 is 11.8 Å². The Morgan fingerprint density at radius 2 is 1.78 bits per heavy atom. The standard InChI is InChI=1S/C18H21N3OS/c1-12-8-13(2)10-16(9-12)22-6-5-7-23-18-17(11-19)14(3)20-15(4)21-18/h8-10H,5-7H2,1-4H3. The highest BCUT2D eigenvalue weighted by Gasteiger charge is 2.10. The van der Waals surface area contributed by atoms with E-state index in [0.29, 0.717) is 18.0 Å². The van der Waals surface area contributed by atoms with Crippen molar-refractivity contribution in [2.75, 3.05) is 12.4 Å². The quantitative estimate of drug-likeness (QED) is 0.453. The number of nitrogens with zero attached hydrogens (tertiary/aromatic N) is 3. The van der Waals surface area contributed by atoms with E-state index in [1.54, 1.807) is 11.8 Å². The molecule has 0 spiro atoms. The Morgan fingerprint density at radius 3 is 2.43 bits per heavy atom. The lowest BCUT2D eigenvalue weighted by Crippen LogP contribution is -2.02. The molecule has 0 N–H and O–H groups in total. The van der Waals surface area contributed by atoms with Crippen LogP contribution in [0.5, 0.6) is 5.75 Å². The van der Waals surface area contributed by atoms with E-state index in [-0.39, 0.29) is 0 Å². The molecule has 0 bridgehead atoms. The van der Waals surface area contributed by atoms with Crippen LogP contribution in [0.15, 0.2) is 23.2 Å². The predicted octanol–water partition coefficient (Wildman–Crippen LogP) is 4.14. The molecule has 0 fully saturated rings. The summed E-state index contributed by atoms with van der Waals surface area (Å²) in [5, 5.41) is 9.99. The van der Waals surface area contributed by atoms with E-state index in [2.05, 4.69) is 36.0 Å². The summed E-state index contributed by atoms with van der Waals surface area (Å²) >= 11 is 1.59. The molecule has 0 aliphatic rings. The zero-order chi connectivity index (χ0) is 16.8. The van der Waals surface area contributed by atoms with E-state index in [1.807, 2.05) is 26.0 Å². The Balaban J connectivity index is 1.85. The highest BCUT2D eigenvalue weighted by Crippen LogP contribution is 2.23. The number of thioether (sulfide) groups is 1. The first-order chi connectivity index (χ1) is 11.0. The lowest BCUT2D eigenvalue weighted by molar-refractivity contribution is 0.318. The summed E-state index contributed by atoms with van der Waals surface area (Å²) in [6, 6.07) is 8.42. The third-order valence-corrected chi connectivity index (χ3v) is 4.33. The lowest BCUT2D eigenvalue weighted by atomic mass is 10.1. The SMILES string of the molecule is Cc1cc(C)cc(OCCCSc2nc(C)nc(C)c2C#N)c1. The van der Waals surface area contributed by atoms with Crippen LogP contribution < -0.4 is 4.74 Å². The monoisotopic (exact) mass is 327 g/mol. The van der Waals surface area contributed by atoms with E-state index in [1.165, 1.54) is 11.1 Å². The van der Waals surface area contributed by atoms with Crippen LogP contribution in [-0.4, -0.2) is 22.3 Å². The van der Waals surface area contributed by atoms with Gasteiger partial charge in [-0.05, 0) is 57.4 Å². The van der Waals surface area contributed by atoms with Gasteiger partial charge < -0.3 is 4.74 Å². The van der Waals surface area contributed by atoms with Crippen molar-refractivity contribution in [1.29, 1.82) is 5.26 Å². The van der Waals surface area contributed by atoms with Crippen LogP contribution in [-0.2, 0) is 0 Å². The Labute approximate surface area is 141 Å². The summed E-state index contributed by atoms with van der Waals surface area (Å²) in [6.45, 7) is 8.49. The maximum atomic E-state index is 9.23. The molecular weight excluding hydrogens is 306 g/mol. The van der Waals surface area contributed by atoms with Gasteiger partial charge in [0.2, 0.25) is 0 Å². The molecule has 4 nitrogen and oxygen atoms in total. The summed E-state index contributed by atoms with van der Waals surface area (Å²) in [5.74, 6) is 2.48. The van der Waals surface area contributed by atoms with Crippen LogP contribution in [0, 0.1) is 39.0 Å². The second-order valence-corrected chi connectivity index (χ2v) is 6.61. The molecule has 0 radical (unpaired) electrons.